The fourth-order valence-corrected chi connectivity index (χ4v) is 5.08. The van der Waals surface area contributed by atoms with Crippen LogP contribution in [-0.4, -0.2) is 83.0 Å². The second-order valence-electron chi connectivity index (χ2n) is 11.4. The third kappa shape index (κ3) is 8.54. The van der Waals surface area contributed by atoms with Crippen molar-refractivity contribution in [2.45, 2.75) is 37.3 Å². The molecule has 0 saturated carbocycles. The molecule has 4 atom stereocenters. The SMILES string of the molecule is O=C(C=Cc1ccc2c(c1)O[C@@H](C(=O)O[C@H](Cc1ccc(O)c(O)c1)C(=O)O)[C@@H](c1ccc(O)c(O)c1)O2)O[C@H](Cc1ccc(O)c(O)c1)C(=O)O. The first-order chi connectivity index (χ1) is 24.7. The molecule has 16 heteroatoms. The fourth-order valence-electron chi connectivity index (χ4n) is 5.08. The van der Waals surface area contributed by atoms with Crippen LogP contribution in [0.1, 0.15) is 28.4 Å². The van der Waals surface area contributed by atoms with Crippen LogP contribution in [0.5, 0.6) is 46.0 Å². The number of carbonyl (C=O) groups excluding carboxylic acids is 2. The zero-order chi connectivity index (χ0) is 37.7. The highest BCUT2D eigenvalue weighted by molar-refractivity contribution is 5.89. The minimum atomic E-state index is -1.79. The van der Waals surface area contributed by atoms with Crippen LogP contribution >= 0.6 is 0 Å². The molecule has 1 heterocycles. The summed E-state index contributed by atoms with van der Waals surface area (Å²) in [4.78, 5) is 49.9. The van der Waals surface area contributed by atoms with Gasteiger partial charge < -0.3 is 59.8 Å². The molecule has 270 valence electrons. The van der Waals surface area contributed by atoms with Crippen LogP contribution in [0.4, 0.5) is 0 Å². The molecule has 5 rings (SSSR count). The summed E-state index contributed by atoms with van der Waals surface area (Å²) >= 11 is 0. The van der Waals surface area contributed by atoms with Crippen molar-refractivity contribution in [1.82, 2.24) is 0 Å². The molecule has 0 fully saturated rings. The van der Waals surface area contributed by atoms with E-state index in [1.807, 2.05) is 0 Å². The lowest BCUT2D eigenvalue weighted by atomic mass is 10.0. The summed E-state index contributed by atoms with van der Waals surface area (Å²) in [6, 6.07) is 15.0. The van der Waals surface area contributed by atoms with Gasteiger partial charge in [0.1, 0.15) is 0 Å². The summed E-state index contributed by atoms with van der Waals surface area (Å²) in [5.74, 6) is -8.08. The van der Waals surface area contributed by atoms with Gasteiger partial charge in [0.25, 0.3) is 0 Å². The lowest BCUT2D eigenvalue weighted by Gasteiger charge is -2.33. The average molecular weight is 719 g/mol. The van der Waals surface area contributed by atoms with Crippen molar-refractivity contribution < 1.29 is 79.0 Å². The molecule has 0 bridgehead atoms. The predicted molar refractivity (Wildman–Crippen MR) is 175 cm³/mol. The summed E-state index contributed by atoms with van der Waals surface area (Å²) in [5, 5.41) is 77.8. The van der Waals surface area contributed by atoms with Gasteiger partial charge >= 0.3 is 23.9 Å². The molecule has 0 radical (unpaired) electrons. The second kappa shape index (κ2) is 15.2. The van der Waals surface area contributed by atoms with Gasteiger partial charge in [-0.3, -0.25) is 0 Å². The Labute approximate surface area is 293 Å². The molecule has 0 unspecified atom stereocenters. The first kappa shape index (κ1) is 36.2. The van der Waals surface area contributed by atoms with Crippen LogP contribution < -0.4 is 9.47 Å². The summed E-state index contributed by atoms with van der Waals surface area (Å²) in [6.45, 7) is 0. The molecule has 0 aromatic heterocycles. The summed E-state index contributed by atoms with van der Waals surface area (Å²) in [7, 11) is 0. The Morgan fingerprint density at radius 3 is 1.69 bits per heavy atom. The largest absolute Gasteiger partial charge is 0.504 e. The number of ether oxygens (including phenoxy) is 4. The van der Waals surface area contributed by atoms with Gasteiger partial charge in [0.15, 0.2) is 52.1 Å². The molecule has 4 aromatic rings. The molecule has 1 aliphatic heterocycles. The van der Waals surface area contributed by atoms with Crippen LogP contribution in [0.15, 0.2) is 78.9 Å². The predicted octanol–water partition coefficient (Wildman–Crippen LogP) is 3.29. The molecule has 0 aliphatic carbocycles. The van der Waals surface area contributed by atoms with Crippen LogP contribution in [0.25, 0.3) is 6.08 Å². The smallest absolute Gasteiger partial charge is 0.352 e. The third-order valence-corrected chi connectivity index (χ3v) is 7.71. The van der Waals surface area contributed by atoms with E-state index < -0.39 is 89.2 Å². The fraction of sp³-hybridized carbons (Fsp3) is 0.167. The highest BCUT2D eigenvalue weighted by Gasteiger charge is 2.41. The van der Waals surface area contributed by atoms with Crippen molar-refractivity contribution in [3.8, 4) is 46.0 Å². The second-order valence-corrected chi connectivity index (χ2v) is 11.4. The first-order valence-corrected chi connectivity index (χ1v) is 15.2. The van der Waals surface area contributed by atoms with Gasteiger partial charge in [-0.15, -0.1) is 0 Å². The van der Waals surface area contributed by atoms with Gasteiger partial charge in [-0.1, -0.05) is 24.3 Å². The first-order valence-electron chi connectivity index (χ1n) is 15.2. The van der Waals surface area contributed by atoms with Gasteiger partial charge in [0.05, 0.1) is 0 Å². The van der Waals surface area contributed by atoms with Crippen molar-refractivity contribution in [3.05, 3.63) is 101 Å². The minimum Gasteiger partial charge on any atom is -0.504 e. The highest BCUT2D eigenvalue weighted by atomic mass is 16.6. The summed E-state index contributed by atoms with van der Waals surface area (Å²) in [6.07, 6.45) is -4.99. The summed E-state index contributed by atoms with van der Waals surface area (Å²) in [5.41, 5.74) is 0.916. The number of aliphatic carboxylic acids is 2. The molecule has 4 aromatic carbocycles. The molecular formula is C36H30O16. The number of carboxylic acid groups (broad SMARTS) is 2. The Hall–Kier alpha value is -7.10. The lowest BCUT2D eigenvalue weighted by molar-refractivity contribution is -0.173. The Bertz CT molecular complexity index is 2050. The van der Waals surface area contributed by atoms with Gasteiger partial charge in [-0.2, -0.15) is 0 Å². The molecule has 0 spiro atoms. The molecule has 16 nitrogen and oxygen atoms in total. The van der Waals surface area contributed by atoms with E-state index in [-0.39, 0.29) is 40.2 Å². The normalized spacial score (nSPS) is 16.1. The maximum Gasteiger partial charge on any atom is 0.352 e. The van der Waals surface area contributed by atoms with Gasteiger partial charge in [-0.05, 0) is 71.3 Å². The number of fused-ring (bicyclic) bond motifs is 1. The number of rotatable bonds is 12. The molecule has 52 heavy (non-hydrogen) atoms. The Morgan fingerprint density at radius 1 is 0.615 bits per heavy atom. The van der Waals surface area contributed by atoms with Crippen molar-refractivity contribution in [3.63, 3.8) is 0 Å². The number of carboxylic acids is 2. The number of phenols is 6. The van der Waals surface area contributed by atoms with E-state index in [4.69, 9.17) is 18.9 Å². The van der Waals surface area contributed by atoms with E-state index in [0.717, 1.165) is 42.5 Å². The van der Waals surface area contributed by atoms with Crippen molar-refractivity contribution in [1.29, 1.82) is 0 Å². The Kier molecular flexibility index (Phi) is 10.6. The standard InChI is InChI=1S/C36H30O16/c37-21-6-1-18(11-24(21)40)14-29(34(44)45)49-31(43)10-4-17-3-9-27-28(13-17)51-33(32(50-27)20-5-8-23(39)26(42)16-20)36(48)52-30(35(46)47)15-19-2-7-22(38)25(41)12-19/h1-13,16,29-30,32-33,37-42H,14-15H2,(H,44,45)(H,46,47)/t29-,30-,32-,33-/m1/s1. The van der Waals surface area contributed by atoms with E-state index in [1.165, 1.54) is 42.5 Å². The average Bonchev–Trinajstić information content (AvgIpc) is 3.10. The molecule has 0 saturated heterocycles. The third-order valence-electron chi connectivity index (χ3n) is 7.71. The lowest BCUT2D eigenvalue weighted by Crippen LogP contribution is -2.43. The number of hydrogen-bond donors (Lipinski definition) is 8. The van der Waals surface area contributed by atoms with Crippen LogP contribution in [0.3, 0.4) is 0 Å². The molecular weight excluding hydrogens is 688 g/mol. The van der Waals surface area contributed by atoms with Gasteiger partial charge in [0, 0.05) is 24.5 Å². The van der Waals surface area contributed by atoms with Crippen molar-refractivity contribution >= 4 is 30.0 Å². The highest BCUT2D eigenvalue weighted by Crippen LogP contribution is 2.42. The van der Waals surface area contributed by atoms with Gasteiger partial charge in [-0.25, -0.2) is 19.2 Å². The number of esters is 2. The van der Waals surface area contributed by atoms with E-state index in [2.05, 4.69) is 0 Å². The van der Waals surface area contributed by atoms with Crippen molar-refractivity contribution in [2.24, 2.45) is 0 Å². The van der Waals surface area contributed by atoms with Gasteiger partial charge in [0.2, 0.25) is 18.3 Å². The maximum absolute atomic E-state index is 13.6. The Balaban J connectivity index is 1.36. The van der Waals surface area contributed by atoms with Crippen LogP contribution in [0.2, 0.25) is 0 Å². The molecule has 0 amide bonds. The summed E-state index contributed by atoms with van der Waals surface area (Å²) < 4.78 is 22.4. The van der Waals surface area contributed by atoms with Crippen LogP contribution in [0, 0.1) is 0 Å². The number of hydrogen-bond acceptors (Lipinski definition) is 14. The molecule has 1 aliphatic rings. The van der Waals surface area contributed by atoms with Crippen molar-refractivity contribution in [2.75, 3.05) is 0 Å². The number of carbonyl (C=O) groups is 4. The van der Waals surface area contributed by atoms with E-state index in [1.54, 1.807) is 0 Å². The van der Waals surface area contributed by atoms with Crippen LogP contribution in [-0.2, 0) is 41.5 Å². The minimum absolute atomic E-state index is 0.0531. The Morgan fingerprint density at radius 2 is 1.15 bits per heavy atom. The van der Waals surface area contributed by atoms with E-state index in [0.29, 0.717) is 0 Å². The van der Waals surface area contributed by atoms with E-state index in [9.17, 15) is 60.0 Å². The number of benzene rings is 4. The maximum atomic E-state index is 13.6. The monoisotopic (exact) mass is 718 g/mol. The number of phenolic OH excluding ortho intramolecular Hbond substituents is 6. The van der Waals surface area contributed by atoms with E-state index >= 15 is 0 Å². The topological polar surface area (TPSA) is 267 Å². The zero-order valence-corrected chi connectivity index (χ0v) is 26.7. The quantitative estimate of drug-likeness (QED) is 0.0593. The molecule has 8 N–H and O–H groups in total. The number of aromatic hydroxyl groups is 6. The zero-order valence-electron chi connectivity index (χ0n) is 26.7.